The second kappa shape index (κ2) is 5.09. The normalized spacial score (nSPS) is 16.8. The van der Waals surface area contributed by atoms with Gasteiger partial charge in [0.05, 0.1) is 0 Å². The number of nitrogens with zero attached hydrogens (tertiary/aromatic N) is 2. The molecule has 0 radical (unpaired) electrons. The highest BCUT2D eigenvalue weighted by Crippen LogP contribution is 2.14. The molecule has 1 aromatic heterocycles. The number of ether oxygens (including phenoxy) is 1. The summed E-state index contributed by atoms with van der Waals surface area (Å²) in [6, 6.07) is 2.93. The Kier molecular flexibility index (Phi) is 3.53. The maximum absolute atomic E-state index is 12.1. The Morgan fingerprint density at radius 2 is 2.18 bits per heavy atom. The second-order valence-electron chi connectivity index (χ2n) is 4.07. The smallest absolute Gasteiger partial charge is 0.274 e. The minimum atomic E-state index is -0.310. The van der Waals surface area contributed by atoms with Crippen LogP contribution in [0.25, 0.3) is 0 Å². The number of rotatable bonds is 2. The molecule has 92 valence electrons. The fraction of sp³-hybridized carbons (Fsp3) is 0.545. The van der Waals surface area contributed by atoms with E-state index in [0.717, 1.165) is 12.8 Å². The lowest BCUT2D eigenvalue weighted by atomic mass is 10.1. The largest absolute Gasteiger partial charge is 0.381 e. The lowest BCUT2D eigenvalue weighted by molar-refractivity contribution is 0.0358. The van der Waals surface area contributed by atoms with Crippen LogP contribution in [0.2, 0.25) is 0 Å². The highest BCUT2D eigenvalue weighted by atomic mass is 16.5. The van der Waals surface area contributed by atoms with E-state index in [2.05, 4.69) is 10.2 Å². The number of hydrogen-bond acceptors (Lipinski definition) is 4. The fourth-order valence-corrected chi connectivity index (χ4v) is 1.88. The van der Waals surface area contributed by atoms with Crippen molar-refractivity contribution in [2.45, 2.75) is 18.9 Å². The van der Waals surface area contributed by atoms with Gasteiger partial charge in [-0.1, -0.05) is 0 Å². The molecule has 2 rings (SSSR count). The lowest BCUT2D eigenvalue weighted by Gasteiger charge is -2.30. The van der Waals surface area contributed by atoms with E-state index in [1.807, 2.05) is 0 Å². The zero-order valence-electron chi connectivity index (χ0n) is 9.68. The minimum absolute atomic E-state index is 0.173. The SMILES string of the molecule is CN(C(=O)c1ccc(=O)[nH]n1)C1CCOCC1. The molecule has 1 fully saturated rings. The summed E-state index contributed by atoms with van der Waals surface area (Å²) in [7, 11) is 1.76. The topological polar surface area (TPSA) is 75.3 Å². The van der Waals surface area contributed by atoms with Crippen molar-refractivity contribution in [3.05, 3.63) is 28.2 Å². The van der Waals surface area contributed by atoms with Crippen LogP contribution in [-0.2, 0) is 4.74 Å². The van der Waals surface area contributed by atoms with Gasteiger partial charge < -0.3 is 9.64 Å². The Hall–Kier alpha value is -1.69. The van der Waals surface area contributed by atoms with Crippen LogP contribution in [0.3, 0.4) is 0 Å². The molecule has 6 nitrogen and oxygen atoms in total. The van der Waals surface area contributed by atoms with Gasteiger partial charge in [0.15, 0.2) is 0 Å². The van der Waals surface area contributed by atoms with E-state index < -0.39 is 0 Å². The van der Waals surface area contributed by atoms with Gasteiger partial charge in [-0.3, -0.25) is 9.59 Å². The summed E-state index contributed by atoms with van der Waals surface area (Å²) in [5.41, 5.74) is -0.0474. The maximum atomic E-state index is 12.1. The molecule has 0 aromatic carbocycles. The second-order valence-corrected chi connectivity index (χ2v) is 4.07. The molecule has 0 saturated carbocycles. The first-order valence-corrected chi connectivity index (χ1v) is 5.59. The molecule has 1 aliphatic heterocycles. The van der Waals surface area contributed by atoms with Crippen molar-refractivity contribution in [1.29, 1.82) is 0 Å². The molecular formula is C11H15N3O3. The van der Waals surface area contributed by atoms with Crippen molar-refractivity contribution in [2.24, 2.45) is 0 Å². The number of hydrogen-bond donors (Lipinski definition) is 1. The van der Waals surface area contributed by atoms with Crippen LogP contribution in [0.15, 0.2) is 16.9 Å². The Morgan fingerprint density at radius 1 is 1.47 bits per heavy atom. The molecule has 0 aliphatic carbocycles. The van der Waals surface area contributed by atoms with Crippen LogP contribution < -0.4 is 5.56 Å². The fourth-order valence-electron chi connectivity index (χ4n) is 1.88. The number of carbonyl (C=O) groups excluding carboxylic acids is 1. The first-order valence-electron chi connectivity index (χ1n) is 5.59. The summed E-state index contributed by atoms with van der Waals surface area (Å²) in [6.45, 7) is 1.36. The average Bonchev–Trinajstić information content (AvgIpc) is 2.39. The molecule has 1 aromatic rings. The van der Waals surface area contributed by atoms with Crippen LogP contribution in [0.4, 0.5) is 0 Å². The average molecular weight is 237 g/mol. The molecular weight excluding hydrogens is 222 g/mol. The van der Waals surface area contributed by atoms with Gasteiger partial charge in [-0.15, -0.1) is 0 Å². The van der Waals surface area contributed by atoms with Crippen molar-refractivity contribution in [3.63, 3.8) is 0 Å². The zero-order valence-corrected chi connectivity index (χ0v) is 9.68. The van der Waals surface area contributed by atoms with Crippen LogP contribution in [0.5, 0.6) is 0 Å². The van der Waals surface area contributed by atoms with E-state index in [1.165, 1.54) is 12.1 Å². The summed E-state index contributed by atoms with van der Waals surface area (Å²) in [5, 5.41) is 5.99. The van der Waals surface area contributed by atoms with Crippen molar-refractivity contribution < 1.29 is 9.53 Å². The van der Waals surface area contributed by atoms with Crippen LogP contribution in [-0.4, -0.2) is 47.3 Å². The molecule has 1 N–H and O–H groups in total. The molecule has 2 heterocycles. The molecule has 0 atom stereocenters. The van der Waals surface area contributed by atoms with Gasteiger partial charge in [0.1, 0.15) is 5.69 Å². The lowest BCUT2D eigenvalue weighted by Crippen LogP contribution is -2.41. The predicted molar refractivity (Wildman–Crippen MR) is 60.8 cm³/mol. The Balaban J connectivity index is 2.08. The van der Waals surface area contributed by atoms with E-state index in [1.54, 1.807) is 11.9 Å². The molecule has 6 heteroatoms. The number of carbonyl (C=O) groups is 1. The summed E-state index contributed by atoms with van der Waals surface area (Å²) in [5.74, 6) is -0.173. The summed E-state index contributed by atoms with van der Waals surface area (Å²) in [4.78, 5) is 24.6. The van der Waals surface area contributed by atoms with Crippen molar-refractivity contribution in [1.82, 2.24) is 15.1 Å². The first kappa shape index (κ1) is 11.8. The zero-order chi connectivity index (χ0) is 12.3. The quantitative estimate of drug-likeness (QED) is 0.786. The number of aromatic amines is 1. The van der Waals surface area contributed by atoms with Crippen LogP contribution in [0.1, 0.15) is 23.3 Å². The number of H-pyrrole nitrogens is 1. The van der Waals surface area contributed by atoms with Gasteiger partial charge in [-0.05, 0) is 18.9 Å². The van der Waals surface area contributed by atoms with Gasteiger partial charge in [0, 0.05) is 32.4 Å². The Labute approximate surface area is 98.6 Å². The Morgan fingerprint density at radius 3 is 2.76 bits per heavy atom. The van der Waals surface area contributed by atoms with Crippen LogP contribution in [0, 0.1) is 0 Å². The molecule has 0 spiro atoms. The van der Waals surface area contributed by atoms with Crippen molar-refractivity contribution in [2.75, 3.05) is 20.3 Å². The molecule has 1 saturated heterocycles. The molecule has 1 aliphatic rings. The summed E-state index contributed by atoms with van der Waals surface area (Å²) in [6.07, 6.45) is 1.68. The molecule has 1 amide bonds. The molecule has 17 heavy (non-hydrogen) atoms. The predicted octanol–water partition coefficient (Wildman–Crippen LogP) is 0.0209. The third-order valence-corrected chi connectivity index (χ3v) is 2.96. The number of amides is 1. The minimum Gasteiger partial charge on any atom is -0.381 e. The monoisotopic (exact) mass is 237 g/mol. The van der Waals surface area contributed by atoms with Gasteiger partial charge in [-0.2, -0.15) is 5.10 Å². The third kappa shape index (κ3) is 2.71. The van der Waals surface area contributed by atoms with E-state index in [4.69, 9.17) is 4.74 Å². The molecule has 0 unspecified atom stereocenters. The molecule has 0 bridgehead atoms. The van der Waals surface area contributed by atoms with E-state index >= 15 is 0 Å². The van der Waals surface area contributed by atoms with Gasteiger partial charge in [0.25, 0.3) is 11.5 Å². The first-order chi connectivity index (χ1) is 8.18. The van der Waals surface area contributed by atoms with Crippen molar-refractivity contribution >= 4 is 5.91 Å². The van der Waals surface area contributed by atoms with Crippen LogP contribution >= 0.6 is 0 Å². The van der Waals surface area contributed by atoms with E-state index in [9.17, 15) is 9.59 Å². The van der Waals surface area contributed by atoms with Gasteiger partial charge >= 0.3 is 0 Å². The highest BCUT2D eigenvalue weighted by molar-refractivity contribution is 5.92. The summed E-state index contributed by atoms with van der Waals surface area (Å²) < 4.78 is 5.25. The summed E-state index contributed by atoms with van der Waals surface area (Å²) >= 11 is 0. The standard InChI is InChI=1S/C11H15N3O3/c1-14(8-4-6-17-7-5-8)11(16)9-2-3-10(15)13-12-9/h2-3,8H,4-7H2,1H3,(H,13,15). The number of aromatic nitrogens is 2. The third-order valence-electron chi connectivity index (χ3n) is 2.96. The van der Waals surface area contributed by atoms with Crippen molar-refractivity contribution in [3.8, 4) is 0 Å². The van der Waals surface area contributed by atoms with Gasteiger partial charge in [0.2, 0.25) is 0 Å². The Bertz CT molecular complexity index is 431. The van der Waals surface area contributed by atoms with E-state index in [0.29, 0.717) is 13.2 Å². The number of nitrogens with one attached hydrogen (secondary N) is 1. The highest BCUT2D eigenvalue weighted by Gasteiger charge is 2.24. The van der Waals surface area contributed by atoms with E-state index in [-0.39, 0.29) is 23.2 Å². The maximum Gasteiger partial charge on any atom is 0.274 e. The van der Waals surface area contributed by atoms with Gasteiger partial charge in [-0.25, -0.2) is 5.10 Å².